The highest BCUT2D eigenvalue weighted by Crippen LogP contribution is 2.51. The van der Waals surface area contributed by atoms with Gasteiger partial charge in [0.1, 0.15) is 0 Å². The molecule has 6 atom stereocenters. The van der Waals surface area contributed by atoms with Gasteiger partial charge in [0.15, 0.2) is 0 Å². The van der Waals surface area contributed by atoms with E-state index in [1.54, 1.807) is 0 Å². The summed E-state index contributed by atoms with van der Waals surface area (Å²) in [7, 11) is 0. The van der Waals surface area contributed by atoms with Crippen LogP contribution in [0.1, 0.15) is 35.3 Å². The molecule has 2 saturated heterocycles. The van der Waals surface area contributed by atoms with E-state index in [-0.39, 0.29) is 0 Å². The average Bonchev–Trinajstić information content (AvgIpc) is 4.03. The van der Waals surface area contributed by atoms with Crippen LogP contribution < -0.4 is 0 Å². The Morgan fingerprint density at radius 1 is 0.577 bits per heavy atom. The summed E-state index contributed by atoms with van der Waals surface area (Å²) in [5, 5.41) is 13.4. The zero-order valence-corrected chi connectivity index (χ0v) is 29.1. The predicted octanol–water partition coefficient (Wildman–Crippen LogP) is 11.1. The molecule has 4 unspecified atom stereocenters. The van der Waals surface area contributed by atoms with Gasteiger partial charge in [0, 0.05) is 30.7 Å². The molecule has 0 spiro atoms. The van der Waals surface area contributed by atoms with Crippen LogP contribution in [0.4, 0.5) is 0 Å². The lowest BCUT2D eigenvalue weighted by Gasteiger charge is -2.11. The number of fused-ring (bicyclic) bond motifs is 8. The first-order valence-electron chi connectivity index (χ1n) is 18.8. The van der Waals surface area contributed by atoms with E-state index in [0.29, 0.717) is 24.2 Å². The van der Waals surface area contributed by atoms with Gasteiger partial charge in [-0.1, -0.05) is 151 Å². The molecule has 1 aromatic heterocycles. The van der Waals surface area contributed by atoms with Gasteiger partial charge in [-0.3, -0.25) is 14.8 Å². The number of hydrogen-bond acceptors (Lipinski definition) is 3. The van der Waals surface area contributed by atoms with E-state index in [4.69, 9.17) is 4.98 Å². The summed E-state index contributed by atoms with van der Waals surface area (Å²) in [6.07, 6.45) is 11.4. The van der Waals surface area contributed by atoms with Gasteiger partial charge in [-0.05, 0) is 84.6 Å². The molecule has 2 fully saturated rings. The third-order valence-corrected chi connectivity index (χ3v) is 12.1. The van der Waals surface area contributed by atoms with E-state index in [1.165, 1.54) is 76.3 Å². The maximum absolute atomic E-state index is 4.82. The molecular formula is C49H39N3. The summed E-state index contributed by atoms with van der Waals surface area (Å²) in [4.78, 5) is 10.1. The monoisotopic (exact) mass is 669 g/mol. The second kappa shape index (κ2) is 12.0. The number of benzene rings is 7. The molecule has 11 rings (SSSR count). The summed E-state index contributed by atoms with van der Waals surface area (Å²) in [6.45, 7) is 1.99. The SMILES string of the molecule is C1=C(C/C=C\C[N@]2C(Cc3cc4ccccc4c4ccccc34)C2c2cc3ccccc3c3ccccc23)C[N@]2C1C2c1nccc2ccccc12. The van der Waals surface area contributed by atoms with Crippen molar-refractivity contribution < 1.29 is 0 Å². The van der Waals surface area contributed by atoms with Crippen LogP contribution in [0.5, 0.6) is 0 Å². The molecule has 3 aliphatic rings. The molecule has 0 bridgehead atoms. The third kappa shape index (κ3) is 4.92. The predicted molar refractivity (Wildman–Crippen MR) is 217 cm³/mol. The molecule has 8 aromatic rings. The topological polar surface area (TPSA) is 18.9 Å². The Morgan fingerprint density at radius 2 is 1.19 bits per heavy atom. The molecular weight excluding hydrogens is 631 g/mol. The number of pyridine rings is 1. The van der Waals surface area contributed by atoms with Gasteiger partial charge in [-0.2, -0.15) is 0 Å². The Kier molecular flexibility index (Phi) is 6.93. The van der Waals surface area contributed by atoms with Crippen LogP contribution in [0.3, 0.4) is 0 Å². The number of hydrogen-bond donors (Lipinski definition) is 0. The van der Waals surface area contributed by atoms with Crippen LogP contribution in [0.2, 0.25) is 0 Å². The van der Waals surface area contributed by atoms with Crippen LogP contribution in [0.25, 0.3) is 53.9 Å². The standard InChI is InChI=1S/C49H39N3/c1-6-20-40-33(14-1)24-25-50-47(40)49-45-27-32(31-52(45)49)13-11-12-26-51-46(30-36-28-34-15-2-4-17-37(34)41-21-8-7-19-39(36)41)48(51)44-29-35-16-3-5-18-38(35)42-22-9-10-23-43(42)44/h1-12,14-25,27-29,45-46,48-49H,13,26,30-31H2/b12-11-/t45?,46?,48?,49?,51-,52-/m1/s1. The summed E-state index contributed by atoms with van der Waals surface area (Å²) in [6, 6.07) is 53.2. The summed E-state index contributed by atoms with van der Waals surface area (Å²) in [5.41, 5.74) is 5.66. The van der Waals surface area contributed by atoms with Crippen LogP contribution in [-0.2, 0) is 6.42 Å². The minimum atomic E-state index is 0.364. The second-order valence-electron chi connectivity index (χ2n) is 15.0. The van der Waals surface area contributed by atoms with Crippen molar-refractivity contribution in [1.82, 2.24) is 14.8 Å². The fourth-order valence-corrected chi connectivity index (χ4v) is 9.53. The van der Waals surface area contributed by atoms with Gasteiger partial charge < -0.3 is 0 Å². The van der Waals surface area contributed by atoms with E-state index >= 15 is 0 Å². The molecule has 4 heterocycles. The molecule has 3 aliphatic heterocycles. The Morgan fingerprint density at radius 3 is 1.92 bits per heavy atom. The van der Waals surface area contributed by atoms with E-state index in [0.717, 1.165) is 25.9 Å². The molecule has 0 amide bonds. The Labute approximate surface area is 304 Å². The molecule has 0 N–H and O–H groups in total. The zero-order valence-electron chi connectivity index (χ0n) is 29.1. The average molecular weight is 670 g/mol. The molecule has 52 heavy (non-hydrogen) atoms. The Hall–Kier alpha value is -5.61. The largest absolute Gasteiger partial charge is 0.286 e. The summed E-state index contributed by atoms with van der Waals surface area (Å²) in [5.74, 6) is 0. The van der Waals surface area contributed by atoms with E-state index in [1.807, 2.05) is 6.20 Å². The van der Waals surface area contributed by atoms with Crippen molar-refractivity contribution in [3.8, 4) is 0 Å². The summed E-state index contributed by atoms with van der Waals surface area (Å²) < 4.78 is 0. The van der Waals surface area contributed by atoms with Gasteiger partial charge >= 0.3 is 0 Å². The smallest absolute Gasteiger partial charge is 0.0729 e. The zero-order chi connectivity index (χ0) is 34.2. The highest BCUT2D eigenvalue weighted by atomic mass is 15.4. The molecule has 3 nitrogen and oxygen atoms in total. The number of aromatic nitrogens is 1. The van der Waals surface area contributed by atoms with Crippen molar-refractivity contribution in [2.45, 2.75) is 37.0 Å². The van der Waals surface area contributed by atoms with Gasteiger partial charge in [0.05, 0.1) is 23.8 Å². The van der Waals surface area contributed by atoms with Crippen molar-refractivity contribution in [1.29, 1.82) is 0 Å². The number of nitrogens with zero attached hydrogens (tertiary/aromatic N) is 3. The fourth-order valence-electron chi connectivity index (χ4n) is 9.53. The number of rotatable bonds is 8. The molecule has 0 saturated carbocycles. The highest BCUT2D eigenvalue weighted by Gasteiger charge is 2.52. The van der Waals surface area contributed by atoms with E-state index in [2.05, 4.69) is 168 Å². The first-order chi connectivity index (χ1) is 25.8. The minimum Gasteiger partial charge on any atom is -0.286 e. The van der Waals surface area contributed by atoms with Crippen molar-refractivity contribution in [3.63, 3.8) is 0 Å². The lowest BCUT2D eigenvalue weighted by molar-refractivity contribution is 0.532. The van der Waals surface area contributed by atoms with Crippen molar-refractivity contribution >= 4 is 53.9 Å². The fraction of sp³-hybridized carbons (Fsp3) is 0.163. The molecule has 7 aromatic carbocycles. The maximum atomic E-state index is 4.82. The van der Waals surface area contributed by atoms with Crippen LogP contribution in [0.15, 0.2) is 170 Å². The normalized spacial score (nSPS) is 23.6. The van der Waals surface area contributed by atoms with E-state index < -0.39 is 0 Å². The van der Waals surface area contributed by atoms with Crippen molar-refractivity contribution in [2.24, 2.45) is 0 Å². The van der Waals surface area contributed by atoms with E-state index in [9.17, 15) is 0 Å². The van der Waals surface area contributed by atoms with Crippen molar-refractivity contribution in [3.05, 3.63) is 186 Å². The lowest BCUT2D eigenvalue weighted by atomic mass is 9.92. The number of allylic oxidation sites excluding steroid dienone is 1. The summed E-state index contributed by atoms with van der Waals surface area (Å²) >= 11 is 0. The lowest BCUT2D eigenvalue weighted by Crippen LogP contribution is -2.05. The van der Waals surface area contributed by atoms with Crippen LogP contribution >= 0.6 is 0 Å². The quantitative estimate of drug-likeness (QED) is 0.0912. The van der Waals surface area contributed by atoms with Crippen LogP contribution in [-0.4, -0.2) is 40.0 Å². The highest BCUT2D eigenvalue weighted by molar-refractivity contribution is 6.10. The van der Waals surface area contributed by atoms with Gasteiger partial charge in [-0.25, -0.2) is 0 Å². The third-order valence-electron chi connectivity index (χ3n) is 12.1. The maximum Gasteiger partial charge on any atom is 0.0729 e. The first-order valence-corrected chi connectivity index (χ1v) is 18.8. The molecule has 0 radical (unpaired) electrons. The van der Waals surface area contributed by atoms with Crippen LogP contribution in [0, 0.1) is 0 Å². The second-order valence-corrected chi connectivity index (χ2v) is 15.0. The first kappa shape index (κ1) is 30.1. The molecule has 250 valence electrons. The molecule has 0 aliphatic carbocycles. The van der Waals surface area contributed by atoms with Gasteiger partial charge in [0.25, 0.3) is 0 Å². The Balaban J connectivity index is 0.885. The minimum absolute atomic E-state index is 0.364. The van der Waals surface area contributed by atoms with Crippen molar-refractivity contribution in [2.75, 3.05) is 13.1 Å². The molecule has 3 heteroatoms. The Bertz CT molecular complexity index is 2750. The van der Waals surface area contributed by atoms with Gasteiger partial charge in [-0.15, -0.1) is 0 Å². The van der Waals surface area contributed by atoms with Gasteiger partial charge in [0.2, 0.25) is 0 Å².